The summed E-state index contributed by atoms with van der Waals surface area (Å²) in [6.07, 6.45) is 0. The van der Waals surface area contributed by atoms with Crippen LogP contribution >= 0.6 is 0 Å². The van der Waals surface area contributed by atoms with Crippen LogP contribution in [-0.4, -0.2) is 11.8 Å². The number of pyridine rings is 1. The Morgan fingerprint density at radius 1 is 0.944 bits per heavy atom. The second-order valence-electron chi connectivity index (χ2n) is 4.27. The van der Waals surface area contributed by atoms with Gasteiger partial charge in [0.05, 0.1) is 5.52 Å². The summed E-state index contributed by atoms with van der Waals surface area (Å²) >= 11 is 0. The maximum Gasteiger partial charge on any atom is 0.231 e. The lowest BCUT2D eigenvalue weighted by Crippen LogP contribution is -1.93. The van der Waals surface area contributed by atoms with Gasteiger partial charge in [-0.2, -0.15) is 0 Å². The van der Waals surface area contributed by atoms with Crippen molar-refractivity contribution < 1.29 is 9.47 Å². The molecule has 2 heterocycles. The van der Waals surface area contributed by atoms with Crippen molar-refractivity contribution in [3.8, 4) is 11.5 Å². The van der Waals surface area contributed by atoms with Crippen LogP contribution in [0.25, 0.3) is 21.7 Å². The van der Waals surface area contributed by atoms with Crippen LogP contribution in [0.4, 0.5) is 5.82 Å². The molecule has 0 unspecified atom stereocenters. The number of para-hydroxylation sites is 1. The fourth-order valence-corrected chi connectivity index (χ4v) is 2.37. The van der Waals surface area contributed by atoms with Crippen LogP contribution in [0.5, 0.6) is 11.5 Å². The molecule has 1 aromatic heterocycles. The third-order valence-corrected chi connectivity index (χ3v) is 3.22. The summed E-state index contributed by atoms with van der Waals surface area (Å²) in [5.41, 5.74) is 6.90. The Morgan fingerprint density at radius 2 is 1.67 bits per heavy atom. The fraction of sp³-hybridized carbons (Fsp3) is 0.0714. The van der Waals surface area contributed by atoms with E-state index in [-0.39, 0.29) is 6.79 Å². The molecule has 0 fully saturated rings. The number of nitrogens with zero attached hydrogens (tertiary/aromatic N) is 1. The number of hydrogen-bond donors (Lipinski definition) is 1. The molecule has 0 aliphatic carbocycles. The summed E-state index contributed by atoms with van der Waals surface area (Å²) in [6.45, 7) is 0.261. The minimum absolute atomic E-state index is 0.261. The molecule has 1 aliphatic rings. The molecule has 0 saturated heterocycles. The predicted octanol–water partition coefficient (Wildman–Crippen LogP) is 2.70. The first kappa shape index (κ1) is 9.53. The highest BCUT2D eigenvalue weighted by Crippen LogP contribution is 2.39. The zero-order valence-electron chi connectivity index (χ0n) is 9.51. The van der Waals surface area contributed by atoms with Crippen molar-refractivity contribution in [3.05, 3.63) is 36.4 Å². The molecule has 4 nitrogen and oxygen atoms in total. The highest BCUT2D eigenvalue weighted by atomic mass is 16.7. The largest absolute Gasteiger partial charge is 0.454 e. The van der Waals surface area contributed by atoms with Gasteiger partial charge >= 0.3 is 0 Å². The van der Waals surface area contributed by atoms with Crippen LogP contribution in [0.2, 0.25) is 0 Å². The maximum atomic E-state index is 6.01. The molecular formula is C14H10N2O2. The molecule has 2 N–H and O–H groups in total. The van der Waals surface area contributed by atoms with Crippen LogP contribution in [0, 0.1) is 0 Å². The molecule has 2 aromatic carbocycles. The average molecular weight is 238 g/mol. The van der Waals surface area contributed by atoms with Crippen molar-refractivity contribution in [3.63, 3.8) is 0 Å². The zero-order valence-corrected chi connectivity index (χ0v) is 9.51. The van der Waals surface area contributed by atoms with Crippen LogP contribution in [0.3, 0.4) is 0 Å². The van der Waals surface area contributed by atoms with Gasteiger partial charge in [-0.15, -0.1) is 0 Å². The Morgan fingerprint density at radius 3 is 2.50 bits per heavy atom. The minimum Gasteiger partial charge on any atom is -0.454 e. The maximum absolute atomic E-state index is 6.01. The van der Waals surface area contributed by atoms with Crippen molar-refractivity contribution in [2.75, 3.05) is 12.5 Å². The Kier molecular flexibility index (Phi) is 1.73. The molecule has 3 aromatic rings. The summed E-state index contributed by atoms with van der Waals surface area (Å²) in [7, 11) is 0. The molecule has 0 atom stereocenters. The molecule has 4 heteroatoms. The number of nitrogens with two attached hydrogens (primary N) is 1. The number of benzene rings is 2. The van der Waals surface area contributed by atoms with E-state index in [1.54, 1.807) is 0 Å². The second kappa shape index (κ2) is 3.26. The lowest BCUT2D eigenvalue weighted by Gasteiger charge is -2.07. The molecule has 0 amide bonds. The van der Waals surface area contributed by atoms with Gasteiger partial charge in [0, 0.05) is 10.8 Å². The zero-order chi connectivity index (χ0) is 12.1. The summed E-state index contributed by atoms with van der Waals surface area (Å²) in [4.78, 5) is 4.41. The first-order valence-electron chi connectivity index (χ1n) is 5.70. The van der Waals surface area contributed by atoms with Crippen LogP contribution in [0.1, 0.15) is 0 Å². The Bertz CT molecular complexity index is 783. The van der Waals surface area contributed by atoms with Crippen molar-refractivity contribution in [2.24, 2.45) is 0 Å². The first-order valence-corrected chi connectivity index (χ1v) is 5.70. The molecule has 0 bridgehead atoms. The van der Waals surface area contributed by atoms with Crippen molar-refractivity contribution in [1.29, 1.82) is 0 Å². The van der Waals surface area contributed by atoms with Crippen molar-refractivity contribution >= 4 is 27.5 Å². The van der Waals surface area contributed by atoms with Crippen molar-refractivity contribution in [1.82, 2.24) is 4.98 Å². The van der Waals surface area contributed by atoms with E-state index in [1.165, 1.54) is 0 Å². The number of nitrogen functional groups attached to an aromatic ring is 1. The highest BCUT2D eigenvalue weighted by Gasteiger charge is 2.16. The van der Waals surface area contributed by atoms with Crippen LogP contribution in [-0.2, 0) is 0 Å². The number of ether oxygens (including phenoxy) is 2. The SMILES string of the molecule is Nc1nc2ccccc2c2cc3c(cc12)OCO3. The summed E-state index contributed by atoms with van der Waals surface area (Å²) in [5.74, 6) is 2.01. The molecule has 18 heavy (non-hydrogen) atoms. The van der Waals surface area contributed by atoms with E-state index in [2.05, 4.69) is 4.98 Å². The summed E-state index contributed by atoms with van der Waals surface area (Å²) in [5, 5.41) is 3.01. The van der Waals surface area contributed by atoms with Gasteiger partial charge < -0.3 is 15.2 Å². The normalized spacial score (nSPS) is 13.3. The molecule has 1 aliphatic heterocycles. The van der Waals surface area contributed by atoms with E-state index in [1.807, 2.05) is 36.4 Å². The molecule has 88 valence electrons. The lowest BCUT2D eigenvalue weighted by atomic mass is 10.1. The van der Waals surface area contributed by atoms with E-state index in [4.69, 9.17) is 15.2 Å². The van der Waals surface area contributed by atoms with Crippen molar-refractivity contribution in [2.45, 2.75) is 0 Å². The van der Waals surface area contributed by atoms with Crippen LogP contribution in [0.15, 0.2) is 36.4 Å². The molecule has 0 radical (unpaired) electrons. The summed E-state index contributed by atoms with van der Waals surface area (Å²) < 4.78 is 10.8. The molecular weight excluding hydrogens is 228 g/mol. The standard InChI is InChI=1S/C14H10N2O2/c15-14-10-6-13-12(17-7-18-13)5-9(10)8-3-1-2-4-11(8)16-14/h1-6H,7H2,(H2,15,16). The fourth-order valence-electron chi connectivity index (χ4n) is 2.37. The van der Waals surface area contributed by atoms with E-state index >= 15 is 0 Å². The van der Waals surface area contributed by atoms with E-state index < -0.39 is 0 Å². The number of aromatic nitrogens is 1. The van der Waals surface area contributed by atoms with Gasteiger partial charge in [-0.25, -0.2) is 4.98 Å². The number of fused-ring (bicyclic) bond motifs is 4. The molecule has 0 spiro atoms. The second-order valence-corrected chi connectivity index (χ2v) is 4.27. The Hall–Kier alpha value is -2.49. The van der Waals surface area contributed by atoms with Gasteiger partial charge in [-0.05, 0) is 23.6 Å². The number of hydrogen-bond acceptors (Lipinski definition) is 4. The monoisotopic (exact) mass is 238 g/mol. The van der Waals surface area contributed by atoms with Gasteiger partial charge in [0.2, 0.25) is 6.79 Å². The van der Waals surface area contributed by atoms with Gasteiger partial charge in [-0.3, -0.25) is 0 Å². The lowest BCUT2D eigenvalue weighted by molar-refractivity contribution is 0.174. The smallest absolute Gasteiger partial charge is 0.231 e. The number of anilines is 1. The van der Waals surface area contributed by atoms with Gasteiger partial charge in [0.15, 0.2) is 11.5 Å². The van der Waals surface area contributed by atoms with Gasteiger partial charge in [0.1, 0.15) is 5.82 Å². The quantitative estimate of drug-likeness (QED) is 0.612. The topological polar surface area (TPSA) is 57.4 Å². The number of rotatable bonds is 0. The third-order valence-electron chi connectivity index (χ3n) is 3.22. The summed E-state index contributed by atoms with van der Waals surface area (Å²) in [6, 6.07) is 11.8. The molecule has 4 rings (SSSR count). The Labute approximate surface area is 103 Å². The molecule has 0 saturated carbocycles. The average Bonchev–Trinajstić information content (AvgIpc) is 2.84. The third kappa shape index (κ3) is 1.17. The van der Waals surface area contributed by atoms with E-state index in [0.717, 1.165) is 33.2 Å². The highest BCUT2D eigenvalue weighted by molar-refractivity contribution is 6.10. The predicted molar refractivity (Wildman–Crippen MR) is 69.8 cm³/mol. The minimum atomic E-state index is 0.261. The van der Waals surface area contributed by atoms with E-state index in [0.29, 0.717) is 5.82 Å². The van der Waals surface area contributed by atoms with Gasteiger partial charge in [-0.1, -0.05) is 18.2 Å². The van der Waals surface area contributed by atoms with Gasteiger partial charge in [0.25, 0.3) is 0 Å². The van der Waals surface area contributed by atoms with Crippen LogP contribution < -0.4 is 15.2 Å². The Balaban J connectivity index is 2.22. The first-order chi connectivity index (χ1) is 8.83. The van der Waals surface area contributed by atoms with E-state index in [9.17, 15) is 0 Å².